The van der Waals surface area contributed by atoms with Gasteiger partial charge in [-0.15, -0.1) is 0 Å². The number of para-hydroxylation sites is 1. The Balaban J connectivity index is 2.04. The lowest BCUT2D eigenvalue weighted by Crippen LogP contribution is -2.55. The lowest BCUT2D eigenvalue weighted by molar-refractivity contribution is -0.128. The van der Waals surface area contributed by atoms with Crippen LogP contribution in [0, 0.1) is 0 Å². The minimum atomic E-state index is -3.45. The van der Waals surface area contributed by atoms with Gasteiger partial charge in [-0.25, -0.2) is 8.42 Å². The van der Waals surface area contributed by atoms with Crippen molar-refractivity contribution >= 4 is 10.0 Å². The zero-order chi connectivity index (χ0) is 15.5. The van der Waals surface area contributed by atoms with Crippen LogP contribution in [0.2, 0.25) is 0 Å². The molecule has 0 aromatic heterocycles. The van der Waals surface area contributed by atoms with Crippen molar-refractivity contribution in [2.45, 2.75) is 25.6 Å². The molecule has 21 heavy (non-hydrogen) atoms. The summed E-state index contributed by atoms with van der Waals surface area (Å²) < 4.78 is 36.9. The summed E-state index contributed by atoms with van der Waals surface area (Å²) in [6.45, 7) is 7.99. The third-order valence-corrected chi connectivity index (χ3v) is 4.62. The fourth-order valence-corrected chi connectivity index (χ4v) is 3.41. The predicted octanol–water partition coefficient (Wildman–Crippen LogP) is 2.02. The summed E-state index contributed by atoms with van der Waals surface area (Å²) in [6, 6.07) is 9.38. The number of rotatable bonds is 5. The number of hydrogen-bond donors (Lipinski definition) is 0. The Kier molecular flexibility index (Phi) is 4.70. The molecule has 0 spiro atoms. The average molecular weight is 311 g/mol. The van der Waals surface area contributed by atoms with Crippen molar-refractivity contribution in [3.05, 3.63) is 42.3 Å². The van der Waals surface area contributed by atoms with Gasteiger partial charge in [0, 0.05) is 18.5 Å². The van der Waals surface area contributed by atoms with Crippen molar-refractivity contribution in [2.24, 2.45) is 0 Å². The standard InChI is InChI=1S/C15H21NO4S/c1-4-21(17,18)16-10-14(20-15(2,3)12-16)11-19-13-8-6-5-7-9-13/h4-9,14H,1,10-12H2,2-3H3. The summed E-state index contributed by atoms with van der Waals surface area (Å²) in [5.41, 5.74) is -0.557. The Bertz CT molecular complexity index is 583. The first-order valence-corrected chi connectivity index (χ1v) is 8.31. The Labute approximate surface area is 126 Å². The molecule has 5 nitrogen and oxygen atoms in total. The first-order valence-electron chi connectivity index (χ1n) is 6.81. The zero-order valence-electron chi connectivity index (χ0n) is 12.4. The van der Waals surface area contributed by atoms with E-state index in [2.05, 4.69) is 6.58 Å². The number of nitrogens with zero attached hydrogens (tertiary/aromatic N) is 1. The highest BCUT2D eigenvalue weighted by Gasteiger charge is 2.38. The van der Waals surface area contributed by atoms with Gasteiger partial charge in [0.1, 0.15) is 18.5 Å². The maximum Gasteiger partial charge on any atom is 0.235 e. The molecule has 1 aliphatic rings. The zero-order valence-corrected chi connectivity index (χ0v) is 13.2. The SMILES string of the molecule is C=CS(=O)(=O)N1CC(COc2ccccc2)OC(C)(C)C1. The smallest absolute Gasteiger partial charge is 0.235 e. The predicted molar refractivity (Wildman–Crippen MR) is 81.6 cm³/mol. The summed E-state index contributed by atoms with van der Waals surface area (Å²) in [4.78, 5) is 0. The second-order valence-electron chi connectivity index (χ2n) is 5.63. The van der Waals surface area contributed by atoms with Crippen LogP contribution in [-0.2, 0) is 14.8 Å². The minimum Gasteiger partial charge on any atom is -0.491 e. The van der Waals surface area contributed by atoms with Crippen LogP contribution in [0.5, 0.6) is 5.75 Å². The van der Waals surface area contributed by atoms with Gasteiger partial charge in [0.05, 0.1) is 5.60 Å². The average Bonchev–Trinajstić information content (AvgIpc) is 2.44. The highest BCUT2D eigenvalue weighted by Crippen LogP contribution is 2.24. The summed E-state index contributed by atoms with van der Waals surface area (Å²) in [6.07, 6.45) is -0.316. The molecule has 2 rings (SSSR count). The van der Waals surface area contributed by atoms with Crippen LogP contribution >= 0.6 is 0 Å². The molecule has 0 bridgehead atoms. The van der Waals surface area contributed by atoms with Crippen molar-refractivity contribution < 1.29 is 17.9 Å². The number of morpholine rings is 1. The Hall–Kier alpha value is -1.37. The van der Waals surface area contributed by atoms with E-state index >= 15 is 0 Å². The second-order valence-corrected chi connectivity index (χ2v) is 7.51. The molecule has 1 saturated heterocycles. The van der Waals surface area contributed by atoms with E-state index in [-0.39, 0.29) is 12.6 Å². The lowest BCUT2D eigenvalue weighted by Gasteiger charge is -2.41. The monoisotopic (exact) mass is 311 g/mol. The molecule has 1 aromatic rings. The molecular weight excluding hydrogens is 290 g/mol. The maximum atomic E-state index is 12.0. The number of benzene rings is 1. The van der Waals surface area contributed by atoms with Gasteiger partial charge < -0.3 is 9.47 Å². The van der Waals surface area contributed by atoms with Gasteiger partial charge in [-0.2, -0.15) is 4.31 Å². The van der Waals surface area contributed by atoms with Crippen LogP contribution in [0.25, 0.3) is 0 Å². The summed E-state index contributed by atoms with van der Waals surface area (Å²) in [5.74, 6) is 0.739. The largest absolute Gasteiger partial charge is 0.491 e. The van der Waals surface area contributed by atoms with E-state index in [0.29, 0.717) is 13.2 Å². The molecule has 1 unspecified atom stereocenters. The van der Waals surface area contributed by atoms with Gasteiger partial charge in [-0.1, -0.05) is 24.8 Å². The molecule has 1 aliphatic heterocycles. The van der Waals surface area contributed by atoms with Gasteiger partial charge in [0.25, 0.3) is 0 Å². The third kappa shape index (κ3) is 4.30. The highest BCUT2D eigenvalue weighted by molar-refractivity contribution is 7.92. The van der Waals surface area contributed by atoms with Gasteiger partial charge >= 0.3 is 0 Å². The van der Waals surface area contributed by atoms with E-state index in [0.717, 1.165) is 11.2 Å². The van der Waals surface area contributed by atoms with E-state index in [1.807, 2.05) is 44.2 Å². The summed E-state index contributed by atoms with van der Waals surface area (Å²) in [7, 11) is -3.45. The van der Waals surface area contributed by atoms with Crippen LogP contribution < -0.4 is 4.74 Å². The fourth-order valence-electron chi connectivity index (χ4n) is 2.33. The van der Waals surface area contributed by atoms with Gasteiger partial charge in [-0.05, 0) is 26.0 Å². The van der Waals surface area contributed by atoms with Crippen molar-refractivity contribution in [1.29, 1.82) is 0 Å². The molecule has 0 aliphatic carbocycles. The molecule has 1 fully saturated rings. The number of sulfonamides is 1. The molecule has 0 amide bonds. The van der Waals surface area contributed by atoms with E-state index < -0.39 is 15.6 Å². The van der Waals surface area contributed by atoms with Crippen LogP contribution in [0.1, 0.15) is 13.8 Å². The normalized spacial score (nSPS) is 22.7. The van der Waals surface area contributed by atoms with E-state index in [1.165, 1.54) is 4.31 Å². The maximum absolute atomic E-state index is 12.0. The first-order chi connectivity index (χ1) is 9.82. The van der Waals surface area contributed by atoms with Crippen LogP contribution in [0.4, 0.5) is 0 Å². The van der Waals surface area contributed by atoms with Crippen LogP contribution in [0.15, 0.2) is 42.3 Å². The van der Waals surface area contributed by atoms with Crippen LogP contribution in [-0.4, -0.2) is 44.1 Å². The molecule has 1 atom stereocenters. The molecular formula is C15H21NO4S. The summed E-state index contributed by atoms with van der Waals surface area (Å²) >= 11 is 0. The third-order valence-electron chi connectivity index (χ3n) is 3.20. The lowest BCUT2D eigenvalue weighted by atomic mass is 10.1. The Morgan fingerprint density at radius 2 is 2.10 bits per heavy atom. The van der Waals surface area contributed by atoms with Gasteiger partial charge in [0.15, 0.2) is 0 Å². The summed E-state index contributed by atoms with van der Waals surface area (Å²) in [5, 5.41) is 0.976. The Morgan fingerprint density at radius 3 is 2.71 bits per heavy atom. The minimum absolute atomic E-state index is 0.268. The van der Waals surface area contributed by atoms with Gasteiger partial charge in [-0.3, -0.25) is 0 Å². The van der Waals surface area contributed by atoms with Crippen LogP contribution in [0.3, 0.4) is 0 Å². The van der Waals surface area contributed by atoms with Crippen molar-refractivity contribution in [1.82, 2.24) is 4.31 Å². The molecule has 116 valence electrons. The van der Waals surface area contributed by atoms with Gasteiger partial charge in [0.2, 0.25) is 10.0 Å². The molecule has 0 N–H and O–H groups in total. The molecule has 0 saturated carbocycles. The molecule has 6 heteroatoms. The van der Waals surface area contributed by atoms with E-state index in [9.17, 15) is 8.42 Å². The quantitative estimate of drug-likeness (QED) is 0.835. The number of hydrogen-bond acceptors (Lipinski definition) is 4. The van der Waals surface area contributed by atoms with Crippen molar-refractivity contribution in [3.8, 4) is 5.75 Å². The second kappa shape index (κ2) is 6.17. The first kappa shape index (κ1) is 16.0. The van der Waals surface area contributed by atoms with E-state index in [1.54, 1.807) is 0 Å². The number of ether oxygens (including phenoxy) is 2. The van der Waals surface area contributed by atoms with E-state index in [4.69, 9.17) is 9.47 Å². The molecule has 0 radical (unpaired) electrons. The van der Waals surface area contributed by atoms with Crippen molar-refractivity contribution in [2.75, 3.05) is 19.7 Å². The molecule has 1 heterocycles. The topological polar surface area (TPSA) is 55.8 Å². The molecule has 1 aromatic carbocycles. The highest BCUT2D eigenvalue weighted by atomic mass is 32.2. The fraction of sp³-hybridized carbons (Fsp3) is 0.467. The Morgan fingerprint density at radius 1 is 1.43 bits per heavy atom. The van der Waals surface area contributed by atoms with Crippen molar-refractivity contribution in [3.63, 3.8) is 0 Å².